The summed E-state index contributed by atoms with van der Waals surface area (Å²) < 4.78 is 37.9. The number of nitrogens with one attached hydrogen (secondary N) is 2. The van der Waals surface area contributed by atoms with Crippen LogP contribution in [-0.4, -0.2) is 12.5 Å². The molecule has 0 fully saturated rings. The number of hydrogen-bond acceptors (Lipinski definition) is 2. The van der Waals surface area contributed by atoms with E-state index in [0.29, 0.717) is 5.02 Å². The van der Waals surface area contributed by atoms with Crippen LogP contribution >= 0.6 is 11.6 Å². The van der Waals surface area contributed by atoms with Gasteiger partial charge in [0.25, 0.3) is 0 Å². The summed E-state index contributed by atoms with van der Waals surface area (Å²) in [5, 5.41) is 6.01. The van der Waals surface area contributed by atoms with Crippen molar-refractivity contribution in [3.63, 3.8) is 0 Å². The van der Waals surface area contributed by atoms with E-state index in [0.717, 1.165) is 17.7 Å². The maximum atomic E-state index is 12.6. The van der Waals surface area contributed by atoms with Crippen LogP contribution in [-0.2, 0) is 11.0 Å². The van der Waals surface area contributed by atoms with Gasteiger partial charge in [-0.3, -0.25) is 4.79 Å². The number of anilines is 1. The summed E-state index contributed by atoms with van der Waals surface area (Å²) >= 11 is 6.08. The predicted octanol–water partition coefficient (Wildman–Crippen LogP) is 4.65. The van der Waals surface area contributed by atoms with Crippen molar-refractivity contribution in [3.8, 4) is 0 Å². The fraction of sp³-hybridized carbons (Fsp3) is 0.235. The Bertz CT molecular complexity index is 719. The van der Waals surface area contributed by atoms with E-state index in [4.69, 9.17) is 11.6 Å². The van der Waals surface area contributed by atoms with Gasteiger partial charge in [-0.15, -0.1) is 0 Å². The van der Waals surface area contributed by atoms with Gasteiger partial charge < -0.3 is 10.6 Å². The summed E-state index contributed by atoms with van der Waals surface area (Å²) in [6.07, 6.45) is -4.45. The Morgan fingerprint density at radius 3 is 2.54 bits per heavy atom. The molecule has 2 N–H and O–H groups in total. The zero-order valence-electron chi connectivity index (χ0n) is 12.8. The largest absolute Gasteiger partial charge is 0.416 e. The quantitative estimate of drug-likeness (QED) is 0.818. The van der Waals surface area contributed by atoms with E-state index < -0.39 is 17.6 Å². The minimum Gasteiger partial charge on any atom is -0.325 e. The zero-order chi connectivity index (χ0) is 17.7. The molecular weight excluding hydrogens is 341 g/mol. The molecule has 2 aromatic rings. The second-order valence-corrected chi connectivity index (χ2v) is 5.66. The first-order chi connectivity index (χ1) is 11.3. The normalized spacial score (nSPS) is 12.7. The molecule has 0 saturated heterocycles. The molecule has 0 spiro atoms. The van der Waals surface area contributed by atoms with Crippen molar-refractivity contribution >= 4 is 23.2 Å². The van der Waals surface area contributed by atoms with Crippen LogP contribution in [0.25, 0.3) is 0 Å². The van der Waals surface area contributed by atoms with Crippen molar-refractivity contribution in [2.75, 3.05) is 11.9 Å². The Kier molecular flexibility index (Phi) is 5.85. The lowest BCUT2D eigenvalue weighted by molar-refractivity contribution is -0.137. The molecule has 0 heterocycles. The van der Waals surface area contributed by atoms with E-state index in [-0.39, 0.29) is 18.3 Å². The van der Waals surface area contributed by atoms with Gasteiger partial charge >= 0.3 is 6.18 Å². The molecule has 2 aromatic carbocycles. The summed E-state index contributed by atoms with van der Waals surface area (Å²) in [5.74, 6) is -0.437. The van der Waals surface area contributed by atoms with Gasteiger partial charge in [0, 0.05) is 16.8 Å². The smallest absolute Gasteiger partial charge is 0.325 e. The van der Waals surface area contributed by atoms with E-state index in [2.05, 4.69) is 10.6 Å². The van der Waals surface area contributed by atoms with Gasteiger partial charge in [0.05, 0.1) is 12.1 Å². The van der Waals surface area contributed by atoms with Crippen molar-refractivity contribution in [1.82, 2.24) is 5.32 Å². The second kappa shape index (κ2) is 7.68. The summed E-state index contributed by atoms with van der Waals surface area (Å²) in [6, 6.07) is 11.6. The molecule has 24 heavy (non-hydrogen) atoms. The number of carbonyl (C=O) groups excluding carboxylic acids is 1. The average Bonchev–Trinajstić information content (AvgIpc) is 2.52. The van der Waals surface area contributed by atoms with E-state index >= 15 is 0 Å². The highest BCUT2D eigenvalue weighted by molar-refractivity contribution is 6.31. The van der Waals surface area contributed by atoms with Crippen LogP contribution in [0.1, 0.15) is 24.1 Å². The monoisotopic (exact) mass is 356 g/mol. The van der Waals surface area contributed by atoms with Crippen LogP contribution < -0.4 is 10.6 Å². The highest BCUT2D eigenvalue weighted by atomic mass is 35.5. The number of halogens is 4. The summed E-state index contributed by atoms with van der Waals surface area (Å²) in [6.45, 7) is 1.79. The number of rotatable bonds is 5. The third kappa shape index (κ3) is 4.97. The molecule has 0 aliphatic heterocycles. The Morgan fingerprint density at radius 1 is 1.17 bits per heavy atom. The van der Waals surface area contributed by atoms with Crippen LogP contribution in [0, 0.1) is 0 Å². The molecule has 1 unspecified atom stereocenters. The Morgan fingerprint density at radius 2 is 1.88 bits per heavy atom. The van der Waals surface area contributed by atoms with Gasteiger partial charge in [0.1, 0.15) is 0 Å². The van der Waals surface area contributed by atoms with Gasteiger partial charge in [0.15, 0.2) is 0 Å². The zero-order valence-corrected chi connectivity index (χ0v) is 13.6. The van der Waals surface area contributed by atoms with Crippen molar-refractivity contribution in [1.29, 1.82) is 0 Å². The van der Waals surface area contributed by atoms with Crippen LogP contribution in [0.5, 0.6) is 0 Å². The van der Waals surface area contributed by atoms with Gasteiger partial charge in [0.2, 0.25) is 5.91 Å². The first kappa shape index (κ1) is 18.3. The predicted molar refractivity (Wildman–Crippen MR) is 87.9 cm³/mol. The van der Waals surface area contributed by atoms with Crippen LogP contribution in [0.4, 0.5) is 18.9 Å². The van der Waals surface area contributed by atoms with E-state index in [1.54, 1.807) is 12.1 Å². The van der Waals surface area contributed by atoms with Gasteiger partial charge in [-0.05, 0) is 36.8 Å². The molecule has 0 aliphatic rings. The van der Waals surface area contributed by atoms with Crippen molar-refractivity contribution < 1.29 is 18.0 Å². The highest BCUT2D eigenvalue weighted by Crippen LogP contribution is 2.30. The molecule has 7 heteroatoms. The molecule has 0 aromatic heterocycles. The number of carbonyl (C=O) groups is 1. The first-order valence-electron chi connectivity index (χ1n) is 7.22. The summed E-state index contributed by atoms with van der Waals surface area (Å²) in [4.78, 5) is 11.9. The Labute approximate surface area is 142 Å². The maximum absolute atomic E-state index is 12.6. The molecule has 3 nitrogen and oxygen atoms in total. The standard InChI is InChI=1S/C17H16ClF3N2O/c1-11(14-7-2-3-8-15(14)18)22-10-16(24)23-13-6-4-5-12(9-13)17(19,20)21/h2-9,11,22H,10H2,1H3,(H,23,24). The number of hydrogen-bond donors (Lipinski definition) is 2. The molecule has 1 atom stereocenters. The van der Waals surface area contributed by atoms with Crippen molar-refractivity contribution in [2.45, 2.75) is 19.1 Å². The fourth-order valence-electron chi connectivity index (χ4n) is 2.16. The Hall–Kier alpha value is -2.05. The van der Waals surface area contributed by atoms with Crippen LogP contribution in [0.2, 0.25) is 5.02 Å². The molecular formula is C17H16ClF3N2O. The van der Waals surface area contributed by atoms with E-state index in [1.807, 2.05) is 19.1 Å². The molecule has 1 amide bonds. The average molecular weight is 357 g/mol. The van der Waals surface area contributed by atoms with Crippen LogP contribution in [0.15, 0.2) is 48.5 Å². The molecule has 0 aliphatic carbocycles. The molecule has 128 valence electrons. The molecule has 2 rings (SSSR count). The number of alkyl halides is 3. The summed E-state index contributed by atoms with van der Waals surface area (Å²) in [7, 11) is 0. The molecule has 0 bridgehead atoms. The highest BCUT2D eigenvalue weighted by Gasteiger charge is 2.30. The van der Waals surface area contributed by atoms with Gasteiger partial charge in [-0.1, -0.05) is 35.9 Å². The fourth-order valence-corrected chi connectivity index (χ4v) is 2.46. The lowest BCUT2D eigenvalue weighted by Gasteiger charge is -2.16. The third-order valence-corrected chi connectivity index (χ3v) is 3.76. The van der Waals surface area contributed by atoms with Crippen LogP contribution in [0.3, 0.4) is 0 Å². The number of amides is 1. The minimum atomic E-state index is -4.45. The minimum absolute atomic E-state index is 0.0529. The van der Waals surface area contributed by atoms with Crippen molar-refractivity contribution in [2.24, 2.45) is 0 Å². The summed E-state index contributed by atoms with van der Waals surface area (Å²) in [5.41, 5.74) is 0.130. The lowest BCUT2D eigenvalue weighted by atomic mass is 10.1. The topological polar surface area (TPSA) is 41.1 Å². The molecule has 0 saturated carbocycles. The second-order valence-electron chi connectivity index (χ2n) is 5.25. The lowest BCUT2D eigenvalue weighted by Crippen LogP contribution is -2.30. The van der Waals surface area contributed by atoms with E-state index in [9.17, 15) is 18.0 Å². The van der Waals surface area contributed by atoms with Gasteiger partial charge in [-0.2, -0.15) is 13.2 Å². The first-order valence-corrected chi connectivity index (χ1v) is 7.60. The maximum Gasteiger partial charge on any atom is 0.416 e. The third-order valence-electron chi connectivity index (χ3n) is 3.41. The number of benzene rings is 2. The van der Waals surface area contributed by atoms with Crippen molar-refractivity contribution in [3.05, 3.63) is 64.7 Å². The Balaban J connectivity index is 1.93. The van der Waals surface area contributed by atoms with Gasteiger partial charge in [-0.25, -0.2) is 0 Å². The van der Waals surface area contributed by atoms with E-state index in [1.165, 1.54) is 12.1 Å². The SMILES string of the molecule is CC(NCC(=O)Nc1cccc(C(F)(F)F)c1)c1ccccc1Cl. The molecule has 0 radical (unpaired) electrons.